The van der Waals surface area contributed by atoms with Gasteiger partial charge in [-0.15, -0.1) is 0 Å². The van der Waals surface area contributed by atoms with Crippen molar-refractivity contribution in [2.45, 2.75) is 43.2 Å². The molecule has 1 heterocycles. The molecule has 1 aliphatic rings. The van der Waals surface area contributed by atoms with Gasteiger partial charge in [0.05, 0.1) is 18.1 Å². The first-order valence-corrected chi connectivity index (χ1v) is 11.5. The van der Waals surface area contributed by atoms with Gasteiger partial charge in [-0.25, -0.2) is 8.42 Å². The molecule has 0 aliphatic carbocycles. The summed E-state index contributed by atoms with van der Waals surface area (Å²) in [6.07, 6.45) is 2.08. The number of hydrogen-bond acceptors (Lipinski definition) is 5. The molecule has 0 saturated carbocycles. The van der Waals surface area contributed by atoms with Gasteiger partial charge < -0.3 is 14.8 Å². The Hall–Kier alpha value is -2.42. The van der Waals surface area contributed by atoms with Crippen molar-refractivity contribution in [1.29, 1.82) is 0 Å². The molecular weight excluding hydrogens is 404 g/mol. The van der Waals surface area contributed by atoms with E-state index in [1.54, 1.807) is 13.0 Å². The fourth-order valence-electron chi connectivity index (χ4n) is 3.45. The molecule has 2 aromatic rings. The summed E-state index contributed by atoms with van der Waals surface area (Å²) in [5.74, 6) is 0.229. The number of sulfonamides is 1. The fourth-order valence-corrected chi connectivity index (χ4v) is 4.73. The van der Waals surface area contributed by atoms with E-state index in [1.807, 2.05) is 30.3 Å². The summed E-state index contributed by atoms with van der Waals surface area (Å²) < 4.78 is 39.3. The normalized spacial score (nSPS) is 17.5. The van der Waals surface area contributed by atoms with Crippen molar-refractivity contribution < 1.29 is 22.7 Å². The minimum atomic E-state index is -3.91. The van der Waals surface area contributed by atoms with E-state index in [0.717, 1.165) is 18.4 Å². The second-order valence-electron chi connectivity index (χ2n) is 7.38. The van der Waals surface area contributed by atoms with Crippen molar-refractivity contribution in [2.24, 2.45) is 0 Å². The van der Waals surface area contributed by atoms with Crippen LogP contribution in [0.3, 0.4) is 0 Å². The van der Waals surface area contributed by atoms with Gasteiger partial charge in [-0.2, -0.15) is 4.72 Å². The fraction of sp³-hybridized carbons (Fsp3) is 0.409. The number of carbonyl (C=O) groups excluding carboxylic acids is 1. The van der Waals surface area contributed by atoms with Crippen LogP contribution >= 0.6 is 0 Å². The van der Waals surface area contributed by atoms with Gasteiger partial charge in [0.15, 0.2) is 0 Å². The molecule has 30 heavy (non-hydrogen) atoms. The van der Waals surface area contributed by atoms with Gasteiger partial charge in [0.2, 0.25) is 15.9 Å². The summed E-state index contributed by atoms with van der Waals surface area (Å²) in [6, 6.07) is 13.0. The third-order valence-electron chi connectivity index (χ3n) is 5.10. The lowest BCUT2D eigenvalue weighted by atomic mass is 10.1. The van der Waals surface area contributed by atoms with Crippen LogP contribution in [0.4, 0.5) is 0 Å². The van der Waals surface area contributed by atoms with Crippen molar-refractivity contribution in [3.8, 4) is 5.75 Å². The van der Waals surface area contributed by atoms with Crippen LogP contribution in [0, 0.1) is 6.92 Å². The lowest BCUT2D eigenvalue weighted by molar-refractivity contribution is -0.123. The van der Waals surface area contributed by atoms with Crippen LogP contribution in [-0.2, 0) is 26.0 Å². The molecule has 7 nitrogen and oxygen atoms in total. The Morgan fingerprint density at radius 3 is 2.63 bits per heavy atom. The Bertz CT molecular complexity index is 957. The molecule has 1 saturated heterocycles. The van der Waals surface area contributed by atoms with Gasteiger partial charge in [0.1, 0.15) is 11.8 Å². The monoisotopic (exact) mass is 432 g/mol. The number of carbonyl (C=O) groups is 1. The third kappa shape index (κ3) is 5.81. The molecule has 2 N–H and O–H groups in total. The Kier molecular flexibility index (Phi) is 7.47. The maximum absolute atomic E-state index is 13.0. The molecule has 1 aliphatic heterocycles. The topological polar surface area (TPSA) is 93.7 Å². The predicted molar refractivity (Wildman–Crippen MR) is 114 cm³/mol. The first-order chi connectivity index (χ1) is 14.4. The van der Waals surface area contributed by atoms with Gasteiger partial charge in [0, 0.05) is 13.2 Å². The number of nitrogens with one attached hydrogen (secondary N) is 2. The maximum Gasteiger partial charge on any atom is 0.241 e. The molecular formula is C22H28N2O5S. The van der Waals surface area contributed by atoms with E-state index in [0.29, 0.717) is 24.5 Å². The zero-order valence-corrected chi connectivity index (χ0v) is 18.1. The highest BCUT2D eigenvalue weighted by Gasteiger charge is 2.27. The predicted octanol–water partition coefficient (Wildman–Crippen LogP) is 2.19. The van der Waals surface area contributed by atoms with Crippen LogP contribution in [0.5, 0.6) is 5.75 Å². The highest BCUT2D eigenvalue weighted by molar-refractivity contribution is 7.89. The zero-order valence-electron chi connectivity index (χ0n) is 17.3. The van der Waals surface area contributed by atoms with Crippen molar-refractivity contribution in [1.82, 2.24) is 10.0 Å². The van der Waals surface area contributed by atoms with Gasteiger partial charge in [-0.3, -0.25) is 4.79 Å². The molecule has 0 unspecified atom stereocenters. The number of methoxy groups -OCH3 is 1. The second kappa shape index (κ2) is 10.1. The minimum Gasteiger partial charge on any atom is -0.496 e. The van der Waals surface area contributed by atoms with Crippen molar-refractivity contribution in [3.05, 3.63) is 59.7 Å². The van der Waals surface area contributed by atoms with Crippen LogP contribution in [0.2, 0.25) is 0 Å². The maximum atomic E-state index is 13.0. The molecule has 8 heteroatoms. The number of aryl methyl sites for hydroxylation is 1. The Balaban J connectivity index is 1.77. The van der Waals surface area contributed by atoms with Crippen molar-refractivity contribution in [2.75, 3.05) is 20.3 Å². The quantitative estimate of drug-likeness (QED) is 0.634. The van der Waals surface area contributed by atoms with Gasteiger partial charge in [0.25, 0.3) is 0 Å². The van der Waals surface area contributed by atoms with Crippen molar-refractivity contribution in [3.63, 3.8) is 0 Å². The molecule has 2 atom stereocenters. The average Bonchev–Trinajstić information content (AvgIpc) is 3.26. The first kappa shape index (κ1) is 22.3. The van der Waals surface area contributed by atoms with Crippen LogP contribution in [0.15, 0.2) is 53.4 Å². The summed E-state index contributed by atoms with van der Waals surface area (Å²) in [5.41, 5.74) is 1.56. The minimum absolute atomic E-state index is 0.0211. The number of amides is 1. The lowest BCUT2D eigenvalue weighted by Gasteiger charge is -2.20. The highest BCUT2D eigenvalue weighted by Crippen LogP contribution is 2.21. The second-order valence-corrected chi connectivity index (χ2v) is 9.09. The first-order valence-electron chi connectivity index (χ1n) is 9.99. The zero-order chi connectivity index (χ0) is 21.6. The van der Waals surface area contributed by atoms with Crippen LogP contribution in [-0.4, -0.2) is 46.7 Å². The summed E-state index contributed by atoms with van der Waals surface area (Å²) in [4.78, 5) is 13.0. The van der Waals surface area contributed by atoms with E-state index in [2.05, 4.69) is 10.0 Å². The third-order valence-corrected chi connectivity index (χ3v) is 6.57. The van der Waals surface area contributed by atoms with Gasteiger partial charge >= 0.3 is 0 Å². The van der Waals surface area contributed by atoms with Crippen LogP contribution in [0.1, 0.15) is 24.0 Å². The van der Waals surface area contributed by atoms with Crippen LogP contribution in [0.25, 0.3) is 0 Å². The summed E-state index contributed by atoms with van der Waals surface area (Å²) in [7, 11) is -2.38. The molecule has 2 aromatic carbocycles. The molecule has 0 bridgehead atoms. The number of ether oxygens (including phenoxy) is 2. The van der Waals surface area contributed by atoms with Gasteiger partial charge in [-0.05, 0) is 55.5 Å². The van der Waals surface area contributed by atoms with E-state index >= 15 is 0 Å². The Morgan fingerprint density at radius 2 is 2.00 bits per heavy atom. The van der Waals surface area contributed by atoms with E-state index in [9.17, 15) is 13.2 Å². The van der Waals surface area contributed by atoms with E-state index < -0.39 is 16.1 Å². The van der Waals surface area contributed by atoms with E-state index in [-0.39, 0.29) is 23.3 Å². The lowest BCUT2D eigenvalue weighted by Crippen LogP contribution is -2.49. The average molecular weight is 433 g/mol. The van der Waals surface area contributed by atoms with Crippen LogP contribution < -0.4 is 14.8 Å². The smallest absolute Gasteiger partial charge is 0.241 e. The van der Waals surface area contributed by atoms with Gasteiger partial charge in [-0.1, -0.05) is 30.3 Å². The summed E-state index contributed by atoms with van der Waals surface area (Å²) in [6.45, 7) is 2.83. The summed E-state index contributed by atoms with van der Waals surface area (Å²) >= 11 is 0. The summed E-state index contributed by atoms with van der Waals surface area (Å²) in [5, 5.41) is 2.84. The molecule has 162 valence electrons. The molecule has 0 spiro atoms. The highest BCUT2D eigenvalue weighted by atomic mass is 32.2. The largest absolute Gasteiger partial charge is 0.496 e. The molecule has 1 fully saturated rings. The number of benzene rings is 2. The Morgan fingerprint density at radius 1 is 1.23 bits per heavy atom. The standard InChI is InChI=1S/C22H28N2O5S/c1-16-13-19(10-11-21(16)28-2)30(26,27)24-20(14-17-7-4-3-5-8-17)22(25)23-15-18-9-6-12-29-18/h3-5,7-8,10-11,13,18,20,24H,6,9,12,14-15H2,1-2H3,(H,23,25)/t18-,20+/m1/s1. The SMILES string of the molecule is COc1ccc(S(=O)(=O)N[C@@H](Cc2ccccc2)C(=O)NC[C@H]2CCCO2)cc1C. The molecule has 0 aromatic heterocycles. The number of rotatable bonds is 9. The molecule has 0 radical (unpaired) electrons. The van der Waals surface area contributed by atoms with E-state index in [4.69, 9.17) is 9.47 Å². The molecule has 1 amide bonds. The van der Waals surface area contributed by atoms with Crippen molar-refractivity contribution >= 4 is 15.9 Å². The molecule has 3 rings (SSSR count). The number of hydrogen-bond donors (Lipinski definition) is 2. The van der Waals surface area contributed by atoms with E-state index in [1.165, 1.54) is 19.2 Å². The Labute approximate surface area is 177 Å².